The standard InChI is InChI=1S/C17H20O/c1-2-16-15(12-7-13-17(16)18)11-6-10-14-8-4-3-5-9-14/h3-5,7-9,12-13,18H,2,6,10-11H2,1H3. The molecule has 0 fully saturated rings. The minimum Gasteiger partial charge on any atom is -0.508 e. The predicted octanol–water partition coefficient (Wildman–Crippen LogP) is 4.13. The number of hydrogen-bond acceptors (Lipinski definition) is 1. The molecule has 1 nitrogen and oxygen atoms in total. The van der Waals surface area contributed by atoms with E-state index in [4.69, 9.17) is 0 Å². The highest BCUT2D eigenvalue weighted by Gasteiger charge is 2.05. The molecule has 0 unspecified atom stereocenters. The second kappa shape index (κ2) is 6.25. The number of rotatable bonds is 5. The van der Waals surface area contributed by atoms with Crippen molar-refractivity contribution in [1.29, 1.82) is 0 Å². The Morgan fingerprint density at radius 3 is 2.39 bits per heavy atom. The van der Waals surface area contributed by atoms with Crippen LogP contribution < -0.4 is 0 Å². The molecular weight excluding hydrogens is 220 g/mol. The Hall–Kier alpha value is -1.76. The van der Waals surface area contributed by atoms with Crippen LogP contribution in [0.25, 0.3) is 0 Å². The number of aromatic hydroxyl groups is 1. The molecule has 0 atom stereocenters. The highest BCUT2D eigenvalue weighted by Crippen LogP contribution is 2.23. The summed E-state index contributed by atoms with van der Waals surface area (Å²) in [5.41, 5.74) is 3.77. The van der Waals surface area contributed by atoms with E-state index in [0.717, 1.165) is 31.2 Å². The van der Waals surface area contributed by atoms with Gasteiger partial charge in [0.1, 0.15) is 5.75 Å². The van der Waals surface area contributed by atoms with Gasteiger partial charge in [0.2, 0.25) is 0 Å². The summed E-state index contributed by atoms with van der Waals surface area (Å²) in [6.07, 6.45) is 4.15. The SMILES string of the molecule is CCc1c(O)cccc1CCCc1ccccc1. The largest absolute Gasteiger partial charge is 0.508 e. The molecule has 0 radical (unpaired) electrons. The summed E-state index contributed by atoms with van der Waals surface area (Å²) in [4.78, 5) is 0. The fourth-order valence-corrected chi connectivity index (χ4v) is 2.39. The van der Waals surface area contributed by atoms with Crippen molar-refractivity contribution in [2.24, 2.45) is 0 Å². The van der Waals surface area contributed by atoms with E-state index in [1.165, 1.54) is 11.1 Å². The van der Waals surface area contributed by atoms with Crippen LogP contribution in [0.5, 0.6) is 5.75 Å². The number of benzene rings is 2. The molecular formula is C17H20O. The highest BCUT2D eigenvalue weighted by atomic mass is 16.3. The first-order chi connectivity index (χ1) is 8.81. The van der Waals surface area contributed by atoms with E-state index >= 15 is 0 Å². The van der Waals surface area contributed by atoms with Crippen molar-refractivity contribution >= 4 is 0 Å². The van der Waals surface area contributed by atoms with Crippen LogP contribution in [0.3, 0.4) is 0 Å². The van der Waals surface area contributed by atoms with Crippen molar-refractivity contribution < 1.29 is 5.11 Å². The quantitative estimate of drug-likeness (QED) is 0.833. The minimum absolute atomic E-state index is 0.440. The maximum atomic E-state index is 9.81. The van der Waals surface area contributed by atoms with E-state index < -0.39 is 0 Å². The van der Waals surface area contributed by atoms with Crippen LogP contribution in [0.4, 0.5) is 0 Å². The maximum Gasteiger partial charge on any atom is 0.119 e. The summed E-state index contributed by atoms with van der Waals surface area (Å²) in [7, 11) is 0. The Kier molecular flexibility index (Phi) is 4.40. The lowest BCUT2D eigenvalue weighted by Gasteiger charge is -2.09. The van der Waals surface area contributed by atoms with Gasteiger partial charge in [-0.15, -0.1) is 0 Å². The van der Waals surface area contributed by atoms with Crippen molar-refractivity contribution in [3.8, 4) is 5.75 Å². The van der Waals surface area contributed by atoms with Gasteiger partial charge < -0.3 is 5.11 Å². The van der Waals surface area contributed by atoms with Crippen LogP contribution in [-0.2, 0) is 19.3 Å². The molecule has 0 bridgehead atoms. The van der Waals surface area contributed by atoms with E-state index in [0.29, 0.717) is 5.75 Å². The van der Waals surface area contributed by atoms with E-state index in [-0.39, 0.29) is 0 Å². The number of phenols is 1. The molecule has 0 aliphatic heterocycles. The first kappa shape index (κ1) is 12.7. The summed E-state index contributed by atoms with van der Waals surface area (Å²) in [6, 6.07) is 16.4. The van der Waals surface area contributed by atoms with Crippen molar-refractivity contribution in [1.82, 2.24) is 0 Å². The molecule has 2 rings (SSSR count). The normalized spacial score (nSPS) is 10.5. The molecule has 2 aromatic rings. The lowest BCUT2D eigenvalue weighted by atomic mass is 9.98. The number of hydrogen-bond donors (Lipinski definition) is 1. The summed E-state index contributed by atoms with van der Waals surface area (Å²) in [5.74, 6) is 0.440. The van der Waals surface area contributed by atoms with Crippen molar-refractivity contribution in [3.05, 3.63) is 65.2 Å². The molecule has 0 aliphatic carbocycles. The molecule has 18 heavy (non-hydrogen) atoms. The molecule has 1 N–H and O–H groups in total. The minimum atomic E-state index is 0.440. The van der Waals surface area contributed by atoms with Gasteiger partial charge in [-0.1, -0.05) is 49.4 Å². The predicted molar refractivity (Wildman–Crippen MR) is 76.0 cm³/mol. The Balaban J connectivity index is 1.96. The lowest BCUT2D eigenvalue weighted by molar-refractivity contribution is 0.467. The Morgan fingerprint density at radius 2 is 1.67 bits per heavy atom. The Morgan fingerprint density at radius 1 is 0.889 bits per heavy atom. The number of aryl methyl sites for hydroxylation is 2. The second-order valence-corrected chi connectivity index (χ2v) is 4.61. The van der Waals surface area contributed by atoms with Gasteiger partial charge in [0.15, 0.2) is 0 Å². The van der Waals surface area contributed by atoms with Crippen LogP contribution in [-0.4, -0.2) is 5.11 Å². The topological polar surface area (TPSA) is 20.2 Å². The zero-order valence-corrected chi connectivity index (χ0v) is 10.9. The van der Waals surface area contributed by atoms with Gasteiger partial charge >= 0.3 is 0 Å². The third kappa shape index (κ3) is 3.13. The third-order valence-electron chi connectivity index (χ3n) is 3.36. The zero-order chi connectivity index (χ0) is 12.8. The lowest BCUT2D eigenvalue weighted by Crippen LogP contribution is -1.95. The van der Waals surface area contributed by atoms with Gasteiger partial charge in [-0.2, -0.15) is 0 Å². The van der Waals surface area contributed by atoms with Crippen LogP contribution in [0.2, 0.25) is 0 Å². The molecule has 0 saturated heterocycles. The van der Waals surface area contributed by atoms with Gasteiger partial charge in [-0.25, -0.2) is 0 Å². The molecule has 0 saturated carbocycles. The average Bonchev–Trinajstić information content (AvgIpc) is 2.40. The van der Waals surface area contributed by atoms with Gasteiger partial charge in [-0.3, -0.25) is 0 Å². The van der Waals surface area contributed by atoms with E-state index in [1.54, 1.807) is 6.07 Å². The Bertz CT molecular complexity index is 488. The van der Waals surface area contributed by atoms with Crippen LogP contribution >= 0.6 is 0 Å². The van der Waals surface area contributed by atoms with Crippen molar-refractivity contribution in [2.45, 2.75) is 32.6 Å². The van der Waals surface area contributed by atoms with E-state index in [2.05, 4.69) is 37.3 Å². The van der Waals surface area contributed by atoms with Crippen LogP contribution in [0.1, 0.15) is 30.0 Å². The third-order valence-corrected chi connectivity index (χ3v) is 3.36. The smallest absolute Gasteiger partial charge is 0.119 e. The van der Waals surface area contributed by atoms with E-state index in [1.807, 2.05) is 12.1 Å². The molecule has 0 amide bonds. The molecule has 0 aromatic heterocycles. The second-order valence-electron chi connectivity index (χ2n) is 4.61. The number of phenolic OH excluding ortho intramolecular Hbond substituents is 1. The van der Waals surface area contributed by atoms with Crippen molar-refractivity contribution in [2.75, 3.05) is 0 Å². The van der Waals surface area contributed by atoms with Gasteiger partial charge in [0.05, 0.1) is 0 Å². The fraction of sp³-hybridized carbons (Fsp3) is 0.294. The summed E-state index contributed by atoms with van der Waals surface area (Å²) < 4.78 is 0. The first-order valence-electron chi connectivity index (χ1n) is 6.65. The average molecular weight is 240 g/mol. The van der Waals surface area contributed by atoms with Crippen molar-refractivity contribution in [3.63, 3.8) is 0 Å². The maximum absolute atomic E-state index is 9.81. The van der Waals surface area contributed by atoms with Crippen LogP contribution in [0.15, 0.2) is 48.5 Å². The molecule has 0 aliphatic rings. The van der Waals surface area contributed by atoms with Gasteiger partial charge in [0.25, 0.3) is 0 Å². The highest BCUT2D eigenvalue weighted by molar-refractivity contribution is 5.39. The summed E-state index contributed by atoms with van der Waals surface area (Å²) in [6.45, 7) is 2.09. The van der Waals surface area contributed by atoms with E-state index in [9.17, 15) is 5.11 Å². The molecule has 94 valence electrons. The van der Waals surface area contributed by atoms with Crippen LogP contribution in [0, 0.1) is 0 Å². The summed E-state index contributed by atoms with van der Waals surface area (Å²) >= 11 is 0. The molecule has 2 aromatic carbocycles. The zero-order valence-electron chi connectivity index (χ0n) is 10.9. The molecule has 0 spiro atoms. The fourth-order valence-electron chi connectivity index (χ4n) is 2.39. The first-order valence-corrected chi connectivity index (χ1v) is 6.65. The summed E-state index contributed by atoms with van der Waals surface area (Å²) in [5, 5.41) is 9.81. The van der Waals surface area contributed by atoms with Gasteiger partial charge in [-0.05, 0) is 48.4 Å². The van der Waals surface area contributed by atoms with Gasteiger partial charge in [0, 0.05) is 0 Å². The molecule has 0 heterocycles. The monoisotopic (exact) mass is 240 g/mol. The Labute approximate surface area is 109 Å². The molecule has 1 heteroatoms.